The van der Waals surface area contributed by atoms with Gasteiger partial charge < -0.3 is 0 Å². The molecule has 0 aliphatic carbocycles. The molecule has 0 saturated heterocycles. The van der Waals surface area contributed by atoms with Crippen LogP contribution in [-0.2, 0) is 0 Å². The summed E-state index contributed by atoms with van der Waals surface area (Å²) in [6.07, 6.45) is 2.48. The van der Waals surface area contributed by atoms with E-state index in [1.807, 2.05) is 0 Å². The van der Waals surface area contributed by atoms with Crippen molar-refractivity contribution in [2.75, 3.05) is 0 Å². The van der Waals surface area contributed by atoms with E-state index in [4.69, 9.17) is 23.2 Å². The number of allylic oxidation sites excluding steroid dienone is 1. The van der Waals surface area contributed by atoms with Crippen LogP contribution in [0.4, 0.5) is 0 Å². The standard InChI is InChI=1S/C3H3Cl2/c1-2-3(4)5/h1H3. The van der Waals surface area contributed by atoms with Crippen LogP contribution in [0.5, 0.6) is 0 Å². The summed E-state index contributed by atoms with van der Waals surface area (Å²) in [4.78, 5) is 0. The van der Waals surface area contributed by atoms with Crippen LogP contribution in [0.3, 0.4) is 0 Å². The Bertz CT molecular complexity index is 42.9. The molecule has 29 valence electrons. The molecule has 0 aliphatic heterocycles. The van der Waals surface area contributed by atoms with E-state index in [1.165, 1.54) is 0 Å². The molecule has 0 atom stereocenters. The second kappa shape index (κ2) is 2.55. The Labute approximate surface area is 41.4 Å². The van der Waals surface area contributed by atoms with Gasteiger partial charge in [0.2, 0.25) is 0 Å². The summed E-state index contributed by atoms with van der Waals surface area (Å²) in [7, 11) is 0. The fourth-order valence-corrected chi connectivity index (χ4v) is 0. The van der Waals surface area contributed by atoms with Crippen LogP contribution in [-0.4, -0.2) is 0 Å². The van der Waals surface area contributed by atoms with E-state index >= 15 is 0 Å². The maximum absolute atomic E-state index is 5.03. The molecule has 0 bridgehead atoms. The smallest absolute Gasteiger partial charge is 0.0706 e. The maximum Gasteiger partial charge on any atom is 0.110 e. The van der Waals surface area contributed by atoms with Gasteiger partial charge in [0.15, 0.2) is 0 Å². The molecule has 0 N–H and O–H groups in total. The van der Waals surface area contributed by atoms with Crippen molar-refractivity contribution in [1.29, 1.82) is 0 Å². The van der Waals surface area contributed by atoms with Crippen molar-refractivity contribution in [3.05, 3.63) is 10.6 Å². The van der Waals surface area contributed by atoms with E-state index < -0.39 is 0 Å². The van der Waals surface area contributed by atoms with Crippen molar-refractivity contribution in [3.63, 3.8) is 0 Å². The highest BCUT2D eigenvalue weighted by Crippen LogP contribution is 2.02. The normalized spacial score (nSPS) is 7.00. The number of hydrogen-bond donors (Lipinski definition) is 0. The Morgan fingerprint density at radius 3 is 1.80 bits per heavy atom. The van der Waals surface area contributed by atoms with Crippen molar-refractivity contribution in [2.45, 2.75) is 6.92 Å². The molecule has 0 fully saturated rings. The Morgan fingerprint density at radius 2 is 1.80 bits per heavy atom. The molecule has 0 amide bonds. The first-order valence-corrected chi connectivity index (χ1v) is 1.88. The van der Waals surface area contributed by atoms with Crippen molar-refractivity contribution in [1.82, 2.24) is 0 Å². The topological polar surface area (TPSA) is 0 Å². The van der Waals surface area contributed by atoms with Gasteiger partial charge in [0.05, 0.1) is 0 Å². The van der Waals surface area contributed by atoms with Gasteiger partial charge in [0.1, 0.15) is 4.49 Å². The summed E-state index contributed by atoms with van der Waals surface area (Å²) in [5, 5.41) is 0. The molecule has 0 saturated carbocycles. The molecule has 5 heavy (non-hydrogen) atoms. The molecule has 0 aromatic heterocycles. The predicted octanol–water partition coefficient (Wildman–Crippen LogP) is 2.13. The molecule has 1 radical (unpaired) electrons. The van der Waals surface area contributed by atoms with Gasteiger partial charge >= 0.3 is 0 Å². The molecule has 0 heterocycles. The van der Waals surface area contributed by atoms with Gasteiger partial charge in [-0.1, -0.05) is 23.2 Å². The molecule has 0 aromatic carbocycles. The molecule has 0 aromatic rings. The first-order chi connectivity index (χ1) is 2.27. The first kappa shape index (κ1) is 5.32. The van der Waals surface area contributed by atoms with Gasteiger partial charge in [0, 0.05) is 0 Å². The summed E-state index contributed by atoms with van der Waals surface area (Å²) in [5.74, 6) is 0. The third-order valence-electron chi connectivity index (χ3n) is 0.189. The monoisotopic (exact) mass is 109 g/mol. The second-order valence-electron chi connectivity index (χ2n) is 0.510. The lowest BCUT2D eigenvalue weighted by Crippen LogP contribution is -1.40. The Hall–Kier alpha value is 0.320. The highest BCUT2D eigenvalue weighted by atomic mass is 35.5. The Balaban J connectivity index is 3.14. The molecular formula is C3H3Cl2. The number of halogens is 2. The second-order valence-corrected chi connectivity index (χ2v) is 1.46. The molecule has 0 rings (SSSR count). The largest absolute Gasteiger partial charge is 0.110 e. The van der Waals surface area contributed by atoms with Crippen LogP contribution in [0, 0.1) is 6.08 Å². The third-order valence-corrected chi connectivity index (χ3v) is 0.567. The minimum absolute atomic E-state index is 0.199. The summed E-state index contributed by atoms with van der Waals surface area (Å²) in [5.41, 5.74) is 0. The maximum atomic E-state index is 5.03. The van der Waals surface area contributed by atoms with E-state index in [2.05, 4.69) is 6.08 Å². The van der Waals surface area contributed by atoms with Gasteiger partial charge in [-0.2, -0.15) is 0 Å². The van der Waals surface area contributed by atoms with Crippen LogP contribution in [0.1, 0.15) is 6.92 Å². The minimum atomic E-state index is 0.199. The fourth-order valence-electron chi connectivity index (χ4n) is 0. The van der Waals surface area contributed by atoms with Gasteiger partial charge in [-0.3, -0.25) is 0 Å². The lowest BCUT2D eigenvalue weighted by molar-refractivity contribution is 1.67. The van der Waals surface area contributed by atoms with Crippen LogP contribution in [0.25, 0.3) is 0 Å². The third kappa shape index (κ3) is 4.32. The minimum Gasteiger partial charge on any atom is -0.0706 e. The summed E-state index contributed by atoms with van der Waals surface area (Å²) >= 11 is 10.1. The van der Waals surface area contributed by atoms with Gasteiger partial charge in [0.25, 0.3) is 0 Å². The number of rotatable bonds is 0. The molecule has 0 unspecified atom stereocenters. The first-order valence-electron chi connectivity index (χ1n) is 1.13. The Morgan fingerprint density at radius 1 is 1.60 bits per heavy atom. The molecule has 2 heteroatoms. The SMILES string of the molecule is C[C]=C(Cl)Cl. The molecule has 0 nitrogen and oxygen atoms in total. The average molecular weight is 110 g/mol. The number of hydrogen-bond acceptors (Lipinski definition) is 0. The van der Waals surface area contributed by atoms with E-state index in [1.54, 1.807) is 6.92 Å². The quantitative estimate of drug-likeness (QED) is 0.448. The van der Waals surface area contributed by atoms with Gasteiger partial charge in [-0.25, -0.2) is 0 Å². The van der Waals surface area contributed by atoms with Gasteiger partial charge in [-0.05, 0) is 13.0 Å². The average Bonchev–Trinajstić information content (AvgIpc) is 1.38. The van der Waals surface area contributed by atoms with Crippen molar-refractivity contribution < 1.29 is 0 Å². The molecule has 0 spiro atoms. The molecule has 0 aliphatic rings. The van der Waals surface area contributed by atoms with E-state index in [-0.39, 0.29) is 4.49 Å². The zero-order valence-corrected chi connectivity index (χ0v) is 4.27. The van der Waals surface area contributed by atoms with Crippen LogP contribution >= 0.6 is 23.2 Å². The lowest BCUT2D eigenvalue weighted by Gasteiger charge is -1.65. The fraction of sp³-hybridized carbons (Fsp3) is 0.333. The summed E-state index contributed by atoms with van der Waals surface area (Å²) < 4.78 is 0.199. The van der Waals surface area contributed by atoms with Crippen molar-refractivity contribution in [3.8, 4) is 0 Å². The van der Waals surface area contributed by atoms with Crippen LogP contribution in [0.2, 0.25) is 0 Å². The highest BCUT2D eigenvalue weighted by Gasteiger charge is 1.69. The predicted molar refractivity (Wildman–Crippen MR) is 24.1 cm³/mol. The highest BCUT2D eigenvalue weighted by molar-refractivity contribution is 6.55. The van der Waals surface area contributed by atoms with Crippen molar-refractivity contribution >= 4 is 23.2 Å². The summed E-state index contributed by atoms with van der Waals surface area (Å²) in [6.45, 7) is 1.65. The van der Waals surface area contributed by atoms with Gasteiger partial charge in [-0.15, -0.1) is 0 Å². The molecular weight excluding hydrogens is 107 g/mol. The van der Waals surface area contributed by atoms with E-state index in [0.29, 0.717) is 0 Å². The summed E-state index contributed by atoms with van der Waals surface area (Å²) in [6, 6.07) is 0. The zero-order chi connectivity index (χ0) is 4.28. The van der Waals surface area contributed by atoms with E-state index in [0.717, 1.165) is 0 Å². The lowest BCUT2D eigenvalue weighted by atomic mass is 10.8. The van der Waals surface area contributed by atoms with E-state index in [9.17, 15) is 0 Å². The Kier molecular flexibility index (Phi) is 2.71. The zero-order valence-electron chi connectivity index (χ0n) is 2.76. The van der Waals surface area contributed by atoms with Crippen molar-refractivity contribution in [2.24, 2.45) is 0 Å². The van der Waals surface area contributed by atoms with Crippen LogP contribution < -0.4 is 0 Å². The van der Waals surface area contributed by atoms with Crippen LogP contribution in [0.15, 0.2) is 4.49 Å².